The summed E-state index contributed by atoms with van der Waals surface area (Å²) >= 11 is 5.87. The minimum atomic E-state index is -1.38. The van der Waals surface area contributed by atoms with E-state index < -0.39 is 30.6 Å². The molecule has 3 aromatic rings. The molecule has 0 radical (unpaired) electrons. The zero-order valence-corrected chi connectivity index (χ0v) is 16.4. The number of rotatable bonds is 5. The fraction of sp³-hybridized carbons (Fsp3) is 0.333. The average Bonchev–Trinajstić information content (AvgIpc) is 3.28. The number of fused-ring (bicyclic) bond motifs is 1. The van der Waals surface area contributed by atoms with Gasteiger partial charge < -0.3 is 20.1 Å². The highest BCUT2D eigenvalue weighted by Crippen LogP contribution is 2.37. The molecule has 11 nitrogen and oxygen atoms in total. The van der Waals surface area contributed by atoms with Gasteiger partial charge in [-0.2, -0.15) is 5.10 Å². The highest BCUT2D eigenvalue weighted by Gasteiger charge is 2.48. The molecule has 1 amide bonds. The van der Waals surface area contributed by atoms with E-state index in [9.17, 15) is 20.1 Å². The molecular formula is C18H19ClN6O5. The van der Waals surface area contributed by atoms with Gasteiger partial charge in [-0.25, -0.2) is 14.6 Å². The normalized spacial score (nSPS) is 24.7. The first-order chi connectivity index (χ1) is 14.4. The number of benzene rings is 1. The minimum Gasteiger partial charge on any atom is -0.387 e. The molecule has 12 heteroatoms. The second-order valence-corrected chi connectivity index (χ2v) is 7.26. The number of aliphatic hydroxyl groups excluding tert-OH is 3. The van der Waals surface area contributed by atoms with E-state index in [4.69, 9.17) is 16.3 Å². The third-order valence-electron chi connectivity index (χ3n) is 4.79. The highest BCUT2D eigenvalue weighted by atomic mass is 35.5. The van der Waals surface area contributed by atoms with Gasteiger partial charge in [0.05, 0.1) is 11.6 Å². The molecule has 3 heterocycles. The number of nitrogens with zero attached hydrogens (tertiary/aromatic N) is 4. The smallest absolute Gasteiger partial charge is 0.235 e. The first-order valence-corrected chi connectivity index (χ1v) is 9.40. The Hall–Kier alpha value is -2.83. The van der Waals surface area contributed by atoms with Crippen LogP contribution in [0.15, 0.2) is 36.8 Å². The van der Waals surface area contributed by atoms with Gasteiger partial charge in [0.25, 0.3) is 0 Å². The topological polar surface area (TPSA) is 155 Å². The van der Waals surface area contributed by atoms with Gasteiger partial charge in [-0.05, 0) is 17.7 Å². The van der Waals surface area contributed by atoms with Gasteiger partial charge in [0, 0.05) is 11.9 Å². The van der Waals surface area contributed by atoms with Crippen molar-refractivity contribution < 1.29 is 24.9 Å². The van der Waals surface area contributed by atoms with Gasteiger partial charge in [0.1, 0.15) is 30.7 Å². The summed E-state index contributed by atoms with van der Waals surface area (Å²) < 4.78 is 7.08. The zero-order valence-electron chi connectivity index (χ0n) is 15.7. The first kappa shape index (κ1) is 20.4. The Morgan fingerprint density at radius 1 is 1.23 bits per heavy atom. The van der Waals surface area contributed by atoms with Gasteiger partial charge in [0.15, 0.2) is 17.7 Å². The molecule has 0 saturated carbocycles. The summed E-state index contributed by atoms with van der Waals surface area (Å²) in [4.78, 5) is 19.3. The molecule has 2 aromatic heterocycles. The van der Waals surface area contributed by atoms with Gasteiger partial charge in [0.2, 0.25) is 5.91 Å². The maximum Gasteiger partial charge on any atom is 0.235 e. The van der Waals surface area contributed by atoms with Crippen LogP contribution in [0.5, 0.6) is 0 Å². The number of hydrogen-bond acceptors (Lipinski definition) is 9. The lowest BCUT2D eigenvalue weighted by atomic mass is 9.99. The van der Waals surface area contributed by atoms with Crippen molar-refractivity contribution in [2.75, 3.05) is 5.43 Å². The maximum absolute atomic E-state index is 11.1. The summed E-state index contributed by atoms with van der Waals surface area (Å²) in [5.41, 5.74) is 5.85. The zero-order chi connectivity index (χ0) is 21.4. The van der Waals surface area contributed by atoms with Crippen molar-refractivity contribution in [3.63, 3.8) is 0 Å². The largest absolute Gasteiger partial charge is 0.387 e. The third-order valence-corrected chi connectivity index (χ3v) is 5.04. The standard InChI is InChI=1S/C18H19ClN6O5/c1-8(26)23-24-16-11-6-22-25(17(11)21-7-20-16)18-14(29)13(28)15(30-18)12(27)9-2-4-10(19)5-3-9/h2-7,12-15,18,27-29H,1H3,(H,23,26)(H,20,21,24)/t12?,13-,14+,15+,18+/m0/s1. The molecular weight excluding hydrogens is 416 g/mol. The van der Waals surface area contributed by atoms with E-state index in [-0.39, 0.29) is 5.91 Å². The number of aliphatic hydroxyl groups is 3. The maximum atomic E-state index is 11.1. The van der Waals surface area contributed by atoms with E-state index in [1.807, 2.05) is 0 Å². The van der Waals surface area contributed by atoms with Gasteiger partial charge in [-0.1, -0.05) is 23.7 Å². The number of anilines is 1. The summed E-state index contributed by atoms with van der Waals surface area (Å²) in [6.07, 6.45) is -3.48. The van der Waals surface area contributed by atoms with Gasteiger partial charge in [-0.15, -0.1) is 0 Å². The molecule has 1 fully saturated rings. The Morgan fingerprint density at radius 3 is 2.67 bits per heavy atom. The van der Waals surface area contributed by atoms with E-state index in [1.165, 1.54) is 24.1 Å². The number of carbonyl (C=O) groups is 1. The molecule has 158 valence electrons. The molecule has 1 aliphatic rings. The molecule has 1 unspecified atom stereocenters. The first-order valence-electron chi connectivity index (χ1n) is 9.02. The van der Waals surface area contributed by atoms with Crippen LogP contribution in [-0.2, 0) is 9.53 Å². The van der Waals surface area contributed by atoms with E-state index >= 15 is 0 Å². The van der Waals surface area contributed by atoms with E-state index in [0.29, 0.717) is 27.4 Å². The molecule has 1 aliphatic heterocycles. The molecule has 1 saturated heterocycles. The number of hydrazine groups is 1. The SMILES string of the molecule is CC(=O)NNc1ncnc2c1cnn2[C@@H]1O[C@H](C(O)c2ccc(Cl)cc2)[C@@H](O)[C@H]1O. The van der Waals surface area contributed by atoms with Crippen molar-refractivity contribution in [2.24, 2.45) is 0 Å². The van der Waals surface area contributed by atoms with Crippen LogP contribution in [0.1, 0.15) is 24.8 Å². The summed E-state index contributed by atoms with van der Waals surface area (Å²) in [5, 5.41) is 36.9. The molecule has 1 aromatic carbocycles. The van der Waals surface area contributed by atoms with E-state index in [1.54, 1.807) is 24.3 Å². The van der Waals surface area contributed by atoms with Gasteiger partial charge in [-0.3, -0.25) is 15.6 Å². The number of carbonyl (C=O) groups excluding carboxylic acids is 1. The van der Waals surface area contributed by atoms with Crippen LogP contribution in [0.25, 0.3) is 11.0 Å². The van der Waals surface area contributed by atoms with Crippen LogP contribution in [0.4, 0.5) is 5.82 Å². The molecule has 5 N–H and O–H groups in total. The quantitative estimate of drug-likeness (QED) is 0.356. The number of amides is 1. The van der Waals surface area contributed by atoms with Crippen molar-refractivity contribution in [2.45, 2.75) is 37.6 Å². The van der Waals surface area contributed by atoms with Gasteiger partial charge >= 0.3 is 0 Å². The highest BCUT2D eigenvalue weighted by molar-refractivity contribution is 6.30. The number of ether oxygens (including phenoxy) is 1. The number of nitrogens with one attached hydrogen (secondary N) is 2. The van der Waals surface area contributed by atoms with Crippen LogP contribution in [0.3, 0.4) is 0 Å². The predicted molar refractivity (Wildman–Crippen MR) is 105 cm³/mol. The predicted octanol–water partition coefficient (Wildman–Crippen LogP) is 0.295. The van der Waals surface area contributed by atoms with Crippen molar-refractivity contribution in [3.05, 3.63) is 47.4 Å². The fourth-order valence-corrected chi connectivity index (χ4v) is 3.42. The number of hydrogen-bond donors (Lipinski definition) is 5. The summed E-state index contributed by atoms with van der Waals surface area (Å²) in [7, 11) is 0. The van der Waals surface area contributed by atoms with E-state index in [2.05, 4.69) is 25.9 Å². The van der Waals surface area contributed by atoms with Crippen molar-refractivity contribution in [1.82, 2.24) is 25.2 Å². The number of aromatic nitrogens is 4. The van der Waals surface area contributed by atoms with Crippen molar-refractivity contribution in [3.8, 4) is 0 Å². The second kappa shape index (κ2) is 8.13. The van der Waals surface area contributed by atoms with E-state index in [0.717, 1.165) is 0 Å². The monoisotopic (exact) mass is 434 g/mol. The Morgan fingerprint density at radius 2 is 1.97 bits per heavy atom. The van der Waals surface area contributed by atoms with Crippen LogP contribution < -0.4 is 10.9 Å². The summed E-state index contributed by atoms with van der Waals surface area (Å²) in [5.74, 6) is -0.0157. The Bertz CT molecular complexity index is 1060. The lowest BCUT2D eigenvalue weighted by Crippen LogP contribution is -2.35. The minimum absolute atomic E-state index is 0.298. The Kier molecular flexibility index (Phi) is 5.54. The summed E-state index contributed by atoms with van der Waals surface area (Å²) in [6.45, 7) is 1.34. The average molecular weight is 435 g/mol. The lowest BCUT2D eigenvalue weighted by molar-refractivity contribution is -0.118. The van der Waals surface area contributed by atoms with Crippen molar-refractivity contribution >= 4 is 34.4 Å². The lowest BCUT2D eigenvalue weighted by Gasteiger charge is -2.21. The Balaban J connectivity index is 1.61. The molecule has 0 spiro atoms. The third kappa shape index (κ3) is 3.68. The fourth-order valence-electron chi connectivity index (χ4n) is 3.29. The van der Waals surface area contributed by atoms with Crippen LogP contribution in [0.2, 0.25) is 5.02 Å². The molecule has 0 bridgehead atoms. The van der Waals surface area contributed by atoms with Crippen LogP contribution in [0, 0.1) is 0 Å². The van der Waals surface area contributed by atoms with Crippen LogP contribution >= 0.6 is 11.6 Å². The molecule has 30 heavy (non-hydrogen) atoms. The number of halogens is 1. The molecule has 4 rings (SSSR count). The Labute approximate surface area is 175 Å². The molecule has 5 atom stereocenters. The van der Waals surface area contributed by atoms with Crippen LogP contribution in [-0.4, -0.2) is 59.3 Å². The summed E-state index contributed by atoms with van der Waals surface area (Å²) in [6, 6.07) is 6.44. The van der Waals surface area contributed by atoms with Crippen molar-refractivity contribution in [1.29, 1.82) is 0 Å². The molecule has 0 aliphatic carbocycles. The second-order valence-electron chi connectivity index (χ2n) is 6.82.